The van der Waals surface area contributed by atoms with Gasteiger partial charge >= 0.3 is 0 Å². The van der Waals surface area contributed by atoms with E-state index >= 15 is 0 Å². The highest BCUT2D eigenvalue weighted by atomic mass is 32.1. The molecular weight excluding hydrogens is 805 g/mol. The summed E-state index contributed by atoms with van der Waals surface area (Å²) in [6, 6.07) is 71.3. The van der Waals surface area contributed by atoms with Crippen molar-refractivity contribution in [2.45, 2.75) is 0 Å². The van der Waals surface area contributed by atoms with Crippen molar-refractivity contribution in [2.75, 3.05) is 9.80 Å². The van der Waals surface area contributed by atoms with Gasteiger partial charge in [-0.15, -0.1) is 22.7 Å². The molecule has 0 amide bonds. The van der Waals surface area contributed by atoms with Crippen molar-refractivity contribution in [3.8, 4) is 20.9 Å². The van der Waals surface area contributed by atoms with Crippen molar-refractivity contribution in [1.82, 2.24) is 8.75 Å². The van der Waals surface area contributed by atoms with Crippen molar-refractivity contribution in [3.63, 3.8) is 0 Å². The van der Waals surface area contributed by atoms with E-state index in [0.717, 1.165) is 87.2 Å². The topological polar surface area (TPSA) is 57.0 Å². The minimum absolute atomic E-state index is 0.891. The van der Waals surface area contributed by atoms with E-state index in [1.54, 1.807) is 22.7 Å². The largest absolute Gasteiger partial charge is 0.311 e. The fraction of sp³-hybridized carbons (Fsp3) is 0. The van der Waals surface area contributed by atoms with Gasteiger partial charge in [-0.2, -0.15) is 8.75 Å². The Labute approximate surface area is 366 Å². The second-order valence-electron chi connectivity index (χ2n) is 14.1. The molecule has 0 N–H and O–H groups in total. The Balaban J connectivity index is 0.833. The summed E-state index contributed by atoms with van der Waals surface area (Å²) in [5, 5.41) is 0. The van der Waals surface area contributed by atoms with E-state index in [-0.39, 0.29) is 0 Å². The molecule has 0 aliphatic heterocycles. The first-order valence-electron chi connectivity index (χ1n) is 19.8. The van der Waals surface area contributed by atoms with Crippen molar-refractivity contribution in [2.24, 2.45) is 9.98 Å². The number of nitrogens with zero attached hydrogens (tertiary/aromatic N) is 6. The molecule has 0 bridgehead atoms. The van der Waals surface area contributed by atoms with E-state index in [0.29, 0.717) is 0 Å². The molecule has 10 rings (SSSR count). The zero-order valence-electron chi connectivity index (χ0n) is 32.7. The fourth-order valence-electron chi connectivity index (χ4n) is 7.25. The van der Waals surface area contributed by atoms with Gasteiger partial charge in [0.1, 0.15) is 11.0 Å². The van der Waals surface area contributed by atoms with Crippen LogP contribution in [0.1, 0.15) is 9.75 Å². The van der Waals surface area contributed by atoms with E-state index in [9.17, 15) is 0 Å². The summed E-state index contributed by atoms with van der Waals surface area (Å²) < 4.78 is 9.53. The molecule has 3 heterocycles. The van der Waals surface area contributed by atoms with Gasteiger partial charge < -0.3 is 9.80 Å². The van der Waals surface area contributed by atoms with Gasteiger partial charge in [-0.3, -0.25) is 9.98 Å². The van der Waals surface area contributed by atoms with Crippen LogP contribution in [0, 0.1) is 0 Å². The first-order valence-corrected chi connectivity index (χ1v) is 22.1. The minimum Gasteiger partial charge on any atom is -0.311 e. The monoisotopic (exact) mass is 840 g/mol. The smallest absolute Gasteiger partial charge is 0.114 e. The maximum absolute atomic E-state index is 4.84. The Morgan fingerprint density at radius 1 is 0.344 bits per heavy atom. The van der Waals surface area contributed by atoms with Crippen LogP contribution in [0.4, 0.5) is 45.5 Å². The lowest BCUT2D eigenvalue weighted by atomic mass is 10.1. The molecule has 0 aliphatic rings. The predicted octanol–water partition coefficient (Wildman–Crippen LogP) is 15.6. The Hall–Kier alpha value is -7.30. The number of thiophene rings is 2. The van der Waals surface area contributed by atoms with E-state index in [1.807, 2.05) is 36.7 Å². The number of rotatable bonds is 12. The molecule has 3 aromatic heterocycles. The summed E-state index contributed by atoms with van der Waals surface area (Å²) >= 11 is 4.65. The summed E-state index contributed by atoms with van der Waals surface area (Å²) in [5.74, 6) is 0. The lowest BCUT2D eigenvalue weighted by Crippen LogP contribution is -2.09. The fourth-order valence-corrected chi connectivity index (χ4v) is 9.64. The quantitative estimate of drug-likeness (QED) is 0.115. The third kappa shape index (κ3) is 8.31. The minimum atomic E-state index is 0.891. The first-order chi connectivity index (χ1) is 30.2. The lowest BCUT2D eigenvalue weighted by molar-refractivity contribution is 1.28. The highest BCUT2D eigenvalue weighted by Crippen LogP contribution is 2.40. The van der Waals surface area contributed by atoms with Crippen LogP contribution in [0.15, 0.2) is 216 Å². The van der Waals surface area contributed by atoms with Crippen LogP contribution < -0.4 is 9.80 Å². The molecule has 10 aromatic rings. The van der Waals surface area contributed by atoms with Gasteiger partial charge in [-0.05, 0) is 121 Å². The van der Waals surface area contributed by atoms with E-state index in [2.05, 4.69) is 192 Å². The Kier molecular flexibility index (Phi) is 10.9. The number of anilines is 6. The molecule has 0 aliphatic carbocycles. The average molecular weight is 841 g/mol. The summed E-state index contributed by atoms with van der Waals surface area (Å²) in [6.45, 7) is 0. The number of hydrogen-bond donors (Lipinski definition) is 0. The van der Waals surface area contributed by atoms with Gasteiger partial charge in [0.05, 0.1) is 23.1 Å². The third-order valence-electron chi connectivity index (χ3n) is 10.2. The van der Waals surface area contributed by atoms with Crippen molar-refractivity contribution in [3.05, 3.63) is 216 Å². The van der Waals surface area contributed by atoms with Crippen LogP contribution in [0.2, 0.25) is 0 Å². The number of benzene rings is 7. The summed E-state index contributed by atoms with van der Waals surface area (Å²) in [7, 11) is 0. The van der Waals surface area contributed by atoms with Crippen LogP contribution in [-0.2, 0) is 0 Å². The number of hydrogen-bond acceptors (Lipinski definition) is 9. The van der Waals surface area contributed by atoms with E-state index in [1.165, 1.54) is 11.7 Å². The molecule has 6 nitrogen and oxygen atoms in total. The van der Waals surface area contributed by atoms with Gasteiger partial charge in [-0.1, -0.05) is 84.9 Å². The highest BCUT2D eigenvalue weighted by molar-refractivity contribution is 7.17. The number of fused-ring (bicyclic) bond motifs is 1. The van der Waals surface area contributed by atoms with Crippen LogP contribution in [0.3, 0.4) is 0 Å². The SMILES string of the molecule is C(=Nc1ccc(N(c2ccccc2)c2ccccc2)cc1)c1ccc(-c2ccc(-c3ccc(C=Nc4ccc(N(c5ccccc5)c5ccccc5)cc4)s3)c3nsnc23)s1. The van der Waals surface area contributed by atoms with Crippen LogP contribution in [0.5, 0.6) is 0 Å². The third-order valence-corrected chi connectivity index (χ3v) is 12.8. The van der Waals surface area contributed by atoms with Crippen LogP contribution in [-0.4, -0.2) is 21.2 Å². The molecule has 0 saturated carbocycles. The summed E-state index contributed by atoms with van der Waals surface area (Å²) in [6.07, 6.45) is 3.88. The van der Waals surface area contributed by atoms with E-state index in [4.69, 9.17) is 18.7 Å². The molecule has 292 valence electrons. The van der Waals surface area contributed by atoms with Crippen molar-refractivity contribution in [1.29, 1.82) is 0 Å². The zero-order valence-corrected chi connectivity index (χ0v) is 35.1. The normalized spacial score (nSPS) is 11.5. The van der Waals surface area contributed by atoms with Crippen molar-refractivity contribution >= 4 is 103 Å². The molecule has 0 fully saturated rings. The average Bonchev–Trinajstić information content (AvgIpc) is 4.13. The molecule has 0 saturated heterocycles. The van der Waals surface area contributed by atoms with E-state index < -0.39 is 0 Å². The summed E-state index contributed by atoms with van der Waals surface area (Å²) in [4.78, 5) is 18.6. The maximum atomic E-state index is 4.84. The zero-order chi connectivity index (χ0) is 40.8. The number of aromatic nitrogens is 2. The highest BCUT2D eigenvalue weighted by Gasteiger charge is 2.17. The van der Waals surface area contributed by atoms with Gasteiger partial charge in [0.15, 0.2) is 0 Å². The second kappa shape index (κ2) is 17.5. The molecule has 61 heavy (non-hydrogen) atoms. The van der Waals surface area contributed by atoms with Crippen LogP contribution >= 0.6 is 34.4 Å². The number of para-hydroxylation sites is 4. The molecule has 0 atom stereocenters. The molecule has 9 heteroatoms. The van der Waals surface area contributed by atoms with Gasteiger partial charge in [0, 0.05) is 77.2 Å². The summed E-state index contributed by atoms with van der Waals surface area (Å²) in [5.41, 5.74) is 12.3. The predicted molar refractivity (Wildman–Crippen MR) is 261 cm³/mol. The first kappa shape index (κ1) is 37.9. The van der Waals surface area contributed by atoms with Crippen LogP contribution in [0.25, 0.3) is 31.9 Å². The molecular formula is C52H36N6S3. The molecule has 0 radical (unpaired) electrons. The number of aliphatic imine (C=N–C) groups is 2. The molecule has 0 unspecified atom stereocenters. The lowest BCUT2D eigenvalue weighted by Gasteiger charge is -2.25. The Morgan fingerprint density at radius 3 is 1.02 bits per heavy atom. The second-order valence-corrected chi connectivity index (χ2v) is 16.8. The van der Waals surface area contributed by atoms with Gasteiger partial charge in [0.25, 0.3) is 0 Å². The Morgan fingerprint density at radius 2 is 0.672 bits per heavy atom. The van der Waals surface area contributed by atoms with Crippen molar-refractivity contribution < 1.29 is 0 Å². The van der Waals surface area contributed by atoms with Gasteiger partial charge in [0.2, 0.25) is 0 Å². The molecule has 7 aromatic carbocycles. The Bertz CT molecular complexity index is 2780. The standard InChI is InChI=1S/C52H36N6S3/c1-5-13-39(14-6-1)57(40-15-7-2-8-16-40)43-25-21-37(22-26-43)53-35-45-29-33-49(59-45)47-31-32-48(52-51(47)55-61-56-52)50-34-30-46(60-50)36-54-38-23-27-44(28-24-38)58(41-17-9-3-10-18-41)42-19-11-4-12-20-42/h1-36H. The van der Waals surface area contributed by atoms with Gasteiger partial charge in [-0.25, -0.2) is 0 Å². The maximum Gasteiger partial charge on any atom is 0.114 e. The molecule has 0 spiro atoms.